The number of ether oxygens (including phenoxy) is 2. The summed E-state index contributed by atoms with van der Waals surface area (Å²) < 4.78 is 10.0. The Morgan fingerprint density at radius 1 is 1.59 bits per heavy atom. The van der Waals surface area contributed by atoms with Crippen molar-refractivity contribution in [1.82, 2.24) is 0 Å². The van der Waals surface area contributed by atoms with Crippen molar-refractivity contribution < 1.29 is 19.2 Å². The third-order valence-electron chi connectivity index (χ3n) is 2.65. The van der Waals surface area contributed by atoms with Crippen molar-refractivity contribution in [2.45, 2.75) is 19.4 Å². The fourth-order valence-electron chi connectivity index (χ4n) is 1.92. The number of carbonyl (C=O) groups is 1. The molecule has 1 aromatic carbocycles. The minimum atomic E-state index is -0.516. The van der Waals surface area contributed by atoms with Gasteiger partial charge in [0.25, 0.3) is 0 Å². The average molecular weight is 237 g/mol. The van der Waals surface area contributed by atoms with Crippen molar-refractivity contribution in [2.75, 3.05) is 7.11 Å². The first kappa shape index (κ1) is 11.4. The molecule has 0 fully saturated rings. The Morgan fingerprint density at radius 3 is 2.88 bits per heavy atom. The van der Waals surface area contributed by atoms with E-state index in [4.69, 9.17) is 4.74 Å². The zero-order chi connectivity index (χ0) is 12.6. The molecule has 0 amide bonds. The summed E-state index contributed by atoms with van der Waals surface area (Å²) in [5.41, 5.74) is 0.771. The first-order valence-electron chi connectivity index (χ1n) is 5.09. The van der Waals surface area contributed by atoms with Gasteiger partial charge in [0.05, 0.1) is 17.6 Å². The lowest BCUT2D eigenvalue weighted by Gasteiger charge is -2.05. The zero-order valence-electron chi connectivity index (χ0n) is 9.43. The molecule has 0 saturated heterocycles. The lowest BCUT2D eigenvalue weighted by molar-refractivity contribution is -0.385. The molecule has 17 heavy (non-hydrogen) atoms. The summed E-state index contributed by atoms with van der Waals surface area (Å²) in [7, 11) is 1.27. The van der Waals surface area contributed by atoms with E-state index >= 15 is 0 Å². The van der Waals surface area contributed by atoms with Gasteiger partial charge in [0, 0.05) is 18.1 Å². The molecule has 6 heteroatoms. The monoisotopic (exact) mass is 237 g/mol. The van der Waals surface area contributed by atoms with Gasteiger partial charge in [-0.3, -0.25) is 10.1 Å². The molecule has 1 unspecified atom stereocenters. The maximum atomic E-state index is 11.5. The van der Waals surface area contributed by atoms with Crippen LogP contribution in [0.2, 0.25) is 0 Å². The Balaban J connectivity index is 2.58. The molecule has 1 atom stereocenters. The van der Waals surface area contributed by atoms with Gasteiger partial charge in [-0.05, 0) is 13.0 Å². The van der Waals surface area contributed by atoms with Crippen LogP contribution in [0.5, 0.6) is 5.75 Å². The van der Waals surface area contributed by atoms with E-state index in [0.29, 0.717) is 17.5 Å². The molecule has 90 valence electrons. The standard InChI is InChI=1S/C11H11NO5/c1-6-5-8-7(11(13)16-2)3-4-9(12(14)15)10(8)17-6/h3-4,6H,5H2,1-2H3. The summed E-state index contributed by atoms with van der Waals surface area (Å²) in [5.74, 6) is -0.320. The van der Waals surface area contributed by atoms with Crippen LogP contribution in [0.4, 0.5) is 5.69 Å². The molecule has 0 spiro atoms. The molecule has 0 bridgehead atoms. The first-order valence-corrected chi connectivity index (χ1v) is 5.09. The van der Waals surface area contributed by atoms with Gasteiger partial charge >= 0.3 is 11.7 Å². The summed E-state index contributed by atoms with van der Waals surface area (Å²) >= 11 is 0. The third-order valence-corrected chi connectivity index (χ3v) is 2.65. The van der Waals surface area contributed by atoms with Crippen LogP contribution in [0, 0.1) is 10.1 Å². The van der Waals surface area contributed by atoms with Crippen LogP contribution >= 0.6 is 0 Å². The predicted molar refractivity (Wildman–Crippen MR) is 58.2 cm³/mol. The summed E-state index contributed by atoms with van der Waals surface area (Å²) in [4.78, 5) is 21.8. The number of nitro benzene ring substituents is 1. The van der Waals surface area contributed by atoms with Gasteiger partial charge < -0.3 is 9.47 Å². The molecule has 0 aliphatic carbocycles. The Hall–Kier alpha value is -2.11. The molecule has 0 N–H and O–H groups in total. The number of methoxy groups -OCH3 is 1. The van der Waals surface area contributed by atoms with Gasteiger partial charge in [0.15, 0.2) is 0 Å². The van der Waals surface area contributed by atoms with Crippen LogP contribution in [-0.2, 0) is 11.2 Å². The summed E-state index contributed by atoms with van der Waals surface area (Å²) in [6, 6.07) is 2.67. The fraction of sp³-hybridized carbons (Fsp3) is 0.364. The normalized spacial score (nSPS) is 17.2. The van der Waals surface area contributed by atoms with Crippen molar-refractivity contribution in [3.8, 4) is 5.75 Å². The number of rotatable bonds is 2. The SMILES string of the molecule is COC(=O)c1ccc([N+](=O)[O-])c2c1CC(C)O2. The molecule has 1 heterocycles. The van der Waals surface area contributed by atoms with Crippen LogP contribution in [-0.4, -0.2) is 24.1 Å². The van der Waals surface area contributed by atoms with E-state index < -0.39 is 10.9 Å². The Kier molecular flexibility index (Phi) is 2.71. The third kappa shape index (κ3) is 1.82. The van der Waals surface area contributed by atoms with E-state index in [9.17, 15) is 14.9 Å². The minimum absolute atomic E-state index is 0.114. The second kappa shape index (κ2) is 4.04. The summed E-state index contributed by atoms with van der Waals surface area (Å²) in [6.45, 7) is 1.80. The lowest BCUT2D eigenvalue weighted by atomic mass is 10.0. The zero-order valence-corrected chi connectivity index (χ0v) is 9.43. The highest BCUT2D eigenvalue weighted by atomic mass is 16.6. The Bertz CT molecular complexity index is 497. The quantitative estimate of drug-likeness (QED) is 0.444. The molecule has 0 aromatic heterocycles. The van der Waals surface area contributed by atoms with E-state index in [1.54, 1.807) is 6.92 Å². The highest BCUT2D eigenvalue weighted by molar-refractivity contribution is 5.93. The molecule has 0 radical (unpaired) electrons. The maximum Gasteiger partial charge on any atom is 0.338 e. The topological polar surface area (TPSA) is 78.7 Å². The number of benzene rings is 1. The van der Waals surface area contributed by atoms with Crippen LogP contribution in [0.25, 0.3) is 0 Å². The lowest BCUT2D eigenvalue weighted by Crippen LogP contribution is -2.07. The molecule has 2 rings (SSSR count). The smallest absolute Gasteiger partial charge is 0.338 e. The van der Waals surface area contributed by atoms with Crippen LogP contribution in [0.15, 0.2) is 12.1 Å². The summed E-state index contributed by atoms with van der Waals surface area (Å²) in [5, 5.41) is 10.8. The maximum absolute atomic E-state index is 11.5. The highest BCUT2D eigenvalue weighted by Gasteiger charge is 2.32. The molecule has 1 aliphatic rings. The predicted octanol–water partition coefficient (Wildman–Crippen LogP) is 1.70. The van der Waals surface area contributed by atoms with Crippen molar-refractivity contribution in [2.24, 2.45) is 0 Å². The number of nitro groups is 1. The highest BCUT2D eigenvalue weighted by Crippen LogP contribution is 2.39. The van der Waals surface area contributed by atoms with Crippen molar-refractivity contribution in [3.63, 3.8) is 0 Å². The van der Waals surface area contributed by atoms with E-state index in [1.807, 2.05) is 0 Å². The first-order chi connectivity index (χ1) is 8.04. The van der Waals surface area contributed by atoms with Gasteiger partial charge in [0.1, 0.15) is 6.10 Å². The van der Waals surface area contributed by atoms with Gasteiger partial charge in [-0.15, -0.1) is 0 Å². The minimum Gasteiger partial charge on any atom is -0.483 e. The second-order valence-corrected chi connectivity index (χ2v) is 3.82. The molecule has 6 nitrogen and oxygen atoms in total. The van der Waals surface area contributed by atoms with Crippen molar-refractivity contribution in [3.05, 3.63) is 33.4 Å². The summed E-state index contributed by atoms with van der Waals surface area (Å²) in [6.07, 6.45) is 0.302. The van der Waals surface area contributed by atoms with Gasteiger partial charge in [-0.2, -0.15) is 0 Å². The number of hydrogen-bond donors (Lipinski definition) is 0. The number of esters is 1. The van der Waals surface area contributed by atoms with E-state index in [1.165, 1.54) is 19.2 Å². The average Bonchev–Trinajstić information content (AvgIpc) is 2.67. The number of hydrogen-bond acceptors (Lipinski definition) is 5. The molecule has 0 saturated carbocycles. The van der Waals surface area contributed by atoms with Gasteiger partial charge in [0.2, 0.25) is 5.75 Å². The van der Waals surface area contributed by atoms with E-state index in [-0.39, 0.29) is 17.5 Å². The fourth-order valence-corrected chi connectivity index (χ4v) is 1.92. The largest absolute Gasteiger partial charge is 0.483 e. The van der Waals surface area contributed by atoms with Crippen LogP contribution < -0.4 is 4.74 Å². The molecular formula is C11H11NO5. The number of nitrogens with zero attached hydrogens (tertiary/aromatic N) is 1. The van der Waals surface area contributed by atoms with E-state index in [0.717, 1.165) is 0 Å². The Labute approximate surface area is 97.3 Å². The van der Waals surface area contributed by atoms with Crippen molar-refractivity contribution >= 4 is 11.7 Å². The second-order valence-electron chi connectivity index (χ2n) is 3.82. The molecule has 1 aliphatic heterocycles. The number of fused-ring (bicyclic) bond motifs is 1. The van der Waals surface area contributed by atoms with Crippen molar-refractivity contribution in [1.29, 1.82) is 0 Å². The van der Waals surface area contributed by atoms with Crippen LogP contribution in [0.1, 0.15) is 22.8 Å². The van der Waals surface area contributed by atoms with E-state index in [2.05, 4.69) is 4.74 Å². The molecular weight excluding hydrogens is 226 g/mol. The van der Waals surface area contributed by atoms with Crippen LogP contribution in [0.3, 0.4) is 0 Å². The molecule has 1 aromatic rings. The Morgan fingerprint density at radius 2 is 2.29 bits per heavy atom. The van der Waals surface area contributed by atoms with Gasteiger partial charge in [-0.25, -0.2) is 4.79 Å². The van der Waals surface area contributed by atoms with Gasteiger partial charge in [-0.1, -0.05) is 0 Å². The number of carbonyl (C=O) groups excluding carboxylic acids is 1.